The molecule has 0 unspecified atom stereocenters. The number of carbonyl (C=O) groups excluding carboxylic acids is 2. The number of hydrogen-bond donors (Lipinski definition) is 0. The molecule has 152 valence electrons. The largest absolute Gasteiger partial charge is 0.465 e. The molecule has 0 aliphatic carbocycles. The van der Waals surface area contributed by atoms with Gasteiger partial charge in [0.05, 0.1) is 22.9 Å². The lowest BCUT2D eigenvalue weighted by atomic mass is 10.2. The van der Waals surface area contributed by atoms with Crippen molar-refractivity contribution >= 4 is 50.9 Å². The molecule has 0 N–H and O–H groups in total. The van der Waals surface area contributed by atoms with Crippen LogP contribution in [0.4, 0.5) is 5.69 Å². The lowest BCUT2D eigenvalue weighted by Crippen LogP contribution is -2.18. The van der Waals surface area contributed by atoms with Crippen LogP contribution in [0.2, 0.25) is 0 Å². The molecule has 0 saturated carbocycles. The average Bonchev–Trinajstić information content (AvgIpc) is 3.07. The normalized spacial score (nSPS) is 11.7. The van der Waals surface area contributed by atoms with Gasteiger partial charge in [0.2, 0.25) is 0 Å². The number of aromatic nitrogens is 1. The Morgan fingerprint density at radius 2 is 1.83 bits per heavy atom. The van der Waals surface area contributed by atoms with Gasteiger partial charge in [-0.05, 0) is 48.7 Å². The monoisotopic (exact) mass is 429 g/mol. The summed E-state index contributed by atoms with van der Waals surface area (Å²) >= 11 is 3.12. The minimum absolute atomic E-state index is 0.284. The van der Waals surface area contributed by atoms with E-state index in [1.54, 1.807) is 36.0 Å². The quantitative estimate of drug-likeness (QED) is 0.560. The molecule has 2 aromatic carbocycles. The van der Waals surface area contributed by atoms with E-state index in [1.807, 2.05) is 48.0 Å². The fourth-order valence-electron chi connectivity index (χ4n) is 2.86. The van der Waals surface area contributed by atoms with Crippen LogP contribution in [0, 0.1) is 0 Å². The van der Waals surface area contributed by atoms with Crippen molar-refractivity contribution in [2.45, 2.75) is 6.54 Å². The molecule has 0 saturated heterocycles. The predicted octanol–water partition coefficient (Wildman–Crippen LogP) is 3.66. The zero-order valence-electron chi connectivity index (χ0n) is 16.8. The summed E-state index contributed by atoms with van der Waals surface area (Å²) in [5.74, 6) is 0.225. The van der Waals surface area contributed by atoms with E-state index in [0.717, 1.165) is 28.2 Å². The maximum absolute atomic E-state index is 12.8. The summed E-state index contributed by atoms with van der Waals surface area (Å²) in [6, 6.07) is 12.8. The lowest BCUT2D eigenvalue weighted by molar-refractivity contribution is 0.0601. The van der Waals surface area contributed by atoms with Gasteiger partial charge >= 0.3 is 5.97 Å². The number of thiazole rings is 1. The predicted molar refractivity (Wildman–Crippen MR) is 120 cm³/mol. The Balaban J connectivity index is 2.05. The first kappa shape index (κ1) is 21.1. The molecule has 29 heavy (non-hydrogen) atoms. The molecule has 0 fully saturated rings. The smallest absolute Gasteiger partial charge is 0.337 e. The van der Waals surface area contributed by atoms with E-state index in [0.29, 0.717) is 15.9 Å². The summed E-state index contributed by atoms with van der Waals surface area (Å²) in [5.41, 5.74) is 3.00. The standard InChI is InChI=1S/C21H23N3O3S2/c1-23(2)16-8-5-14(6-9-16)19(25)22-21-24(11-12-28-4)17-10-7-15(20(26)27-3)13-18(17)29-21/h5-10,13H,11-12H2,1-4H3. The first-order valence-electron chi connectivity index (χ1n) is 9.01. The minimum atomic E-state index is -0.383. The van der Waals surface area contributed by atoms with Crippen molar-refractivity contribution in [1.29, 1.82) is 0 Å². The number of esters is 1. The van der Waals surface area contributed by atoms with Gasteiger partial charge in [0.1, 0.15) is 0 Å². The first-order valence-corrected chi connectivity index (χ1v) is 11.2. The van der Waals surface area contributed by atoms with Crippen LogP contribution in [-0.2, 0) is 11.3 Å². The summed E-state index contributed by atoms with van der Waals surface area (Å²) in [6.07, 6.45) is 2.04. The number of thioether (sulfide) groups is 1. The molecule has 0 spiro atoms. The number of ether oxygens (including phenoxy) is 1. The van der Waals surface area contributed by atoms with Crippen molar-refractivity contribution in [1.82, 2.24) is 4.57 Å². The minimum Gasteiger partial charge on any atom is -0.465 e. The fourth-order valence-corrected chi connectivity index (χ4v) is 4.31. The number of aryl methyl sites for hydroxylation is 1. The highest BCUT2D eigenvalue weighted by Gasteiger charge is 2.13. The number of fused-ring (bicyclic) bond motifs is 1. The Morgan fingerprint density at radius 1 is 1.14 bits per heavy atom. The van der Waals surface area contributed by atoms with E-state index < -0.39 is 0 Å². The van der Waals surface area contributed by atoms with Crippen LogP contribution in [0.25, 0.3) is 10.2 Å². The van der Waals surface area contributed by atoms with E-state index in [1.165, 1.54) is 18.4 Å². The number of amides is 1. The molecular weight excluding hydrogens is 406 g/mol. The van der Waals surface area contributed by atoms with Gasteiger partial charge < -0.3 is 14.2 Å². The van der Waals surface area contributed by atoms with Crippen molar-refractivity contribution in [3.05, 3.63) is 58.4 Å². The topological polar surface area (TPSA) is 63.9 Å². The number of methoxy groups -OCH3 is 1. The van der Waals surface area contributed by atoms with Crippen molar-refractivity contribution < 1.29 is 14.3 Å². The van der Waals surface area contributed by atoms with E-state index in [-0.39, 0.29) is 11.9 Å². The number of benzene rings is 2. The van der Waals surface area contributed by atoms with Crippen LogP contribution >= 0.6 is 23.1 Å². The van der Waals surface area contributed by atoms with Crippen LogP contribution in [-0.4, -0.2) is 49.7 Å². The molecule has 0 radical (unpaired) electrons. The summed E-state index contributed by atoms with van der Waals surface area (Å²) in [7, 11) is 5.27. The Morgan fingerprint density at radius 3 is 2.45 bits per heavy atom. The Kier molecular flexibility index (Phi) is 6.76. The fraction of sp³-hybridized carbons (Fsp3) is 0.286. The highest BCUT2D eigenvalue weighted by Crippen LogP contribution is 2.21. The average molecular weight is 430 g/mol. The summed E-state index contributed by atoms with van der Waals surface area (Å²) in [4.78, 5) is 31.6. The zero-order chi connectivity index (χ0) is 21.0. The third-order valence-corrected chi connectivity index (χ3v) is 6.08. The van der Waals surface area contributed by atoms with Crippen LogP contribution in [0.5, 0.6) is 0 Å². The number of anilines is 1. The molecule has 8 heteroatoms. The first-order chi connectivity index (χ1) is 13.9. The van der Waals surface area contributed by atoms with Crippen molar-refractivity contribution in [3.8, 4) is 0 Å². The molecule has 1 heterocycles. The number of hydrogen-bond acceptors (Lipinski definition) is 6. The maximum atomic E-state index is 12.8. The van der Waals surface area contributed by atoms with Gasteiger partial charge in [-0.1, -0.05) is 11.3 Å². The molecule has 0 atom stereocenters. The number of carbonyl (C=O) groups is 2. The highest BCUT2D eigenvalue weighted by atomic mass is 32.2. The molecule has 0 bridgehead atoms. The second-order valence-corrected chi connectivity index (χ2v) is 8.56. The molecule has 3 aromatic rings. The second kappa shape index (κ2) is 9.28. The lowest BCUT2D eigenvalue weighted by Gasteiger charge is -2.11. The van der Waals surface area contributed by atoms with E-state index in [2.05, 4.69) is 4.99 Å². The Hall–Kier alpha value is -2.58. The zero-order valence-corrected chi connectivity index (χ0v) is 18.5. The van der Waals surface area contributed by atoms with Crippen LogP contribution in [0.1, 0.15) is 20.7 Å². The second-order valence-electron chi connectivity index (χ2n) is 6.56. The van der Waals surface area contributed by atoms with Gasteiger partial charge in [-0.2, -0.15) is 16.8 Å². The summed E-state index contributed by atoms with van der Waals surface area (Å²) < 4.78 is 7.73. The van der Waals surface area contributed by atoms with E-state index in [9.17, 15) is 9.59 Å². The van der Waals surface area contributed by atoms with Crippen LogP contribution < -0.4 is 9.70 Å². The molecule has 1 aromatic heterocycles. The molecule has 6 nitrogen and oxygen atoms in total. The molecule has 0 aliphatic heterocycles. The van der Waals surface area contributed by atoms with Crippen molar-refractivity contribution in [3.63, 3.8) is 0 Å². The number of nitrogens with zero attached hydrogens (tertiary/aromatic N) is 3. The van der Waals surface area contributed by atoms with Crippen molar-refractivity contribution in [2.24, 2.45) is 4.99 Å². The molecule has 0 aliphatic rings. The highest BCUT2D eigenvalue weighted by molar-refractivity contribution is 7.98. The van der Waals surface area contributed by atoms with Gasteiger partial charge in [0.25, 0.3) is 5.91 Å². The van der Waals surface area contributed by atoms with Gasteiger partial charge in [0, 0.05) is 37.6 Å². The van der Waals surface area contributed by atoms with Crippen molar-refractivity contribution in [2.75, 3.05) is 38.1 Å². The molecular formula is C21H23N3O3S2. The summed E-state index contributed by atoms with van der Waals surface area (Å²) in [6.45, 7) is 0.727. The van der Waals surface area contributed by atoms with Gasteiger partial charge in [-0.25, -0.2) is 4.79 Å². The molecule has 1 amide bonds. The van der Waals surface area contributed by atoms with E-state index >= 15 is 0 Å². The van der Waals surface area contributed by atoms with Crippen LogP contribution in [0.3, 0.4) is 0 Å². The van der Waals surface area contributed by atoms with Gasteiger partial charge in [-0.3, -0.25) is 4.79 Å². The van der Waals surface area contributed by atoms with E-state index in [4.69, 9.17) is 4.74 Å². The van der Waals surface area contributed by atoms with Gasteiger partial charge in [-0.15, -0.1) is 0 Å². The number of rotatable bonds is 6. The Bertz CT molecular complexity index is 1100. The van der Waals surface area contributed by atoms with Crippen LogP contribution in [0.15, 0.2) is 47.5 Å². The SMILES string of the molecule is COC(=O)c1ccc2c(c1)sc(=NC(=O)c1ccc(N(C)C)cc1)n2CCSC. The third-order valence-electron chi connectivity index (χ3n) is 4.45. The van der Waals surface area contributed by atoms with Gasteiger partial charge in [0.15, 0.2) is 4.80 Å². The summed E-state index contributed by atoms with van der Waals surface area (Å²) in [5, 5.41) is 0. The molecule has 3 rings (SSSR count). The Labute approximate surface area is 177 Å². The maximum Gasteiger partial charge on any atom is 0.337 e. The third kappa shape index (κ3) is 4.71.